The second kappa shape index (κ2) is 12.5. The molecule has 1 aromatic heterocycles. The average Bonchev–Trinajstić information content (AvgIpc) is 2.61. The molecule has 1 aromatic carbocycles. The van der Waals surface area contributed by atoms with Gasteiger partial charge in [0.25, 0.3) is 0 Å². The fraction of sp³-hybridized carbons (Fsp3) is 0.400. The van der Waals surface area contributed by atoms with Crippen molar-refractivity contribution in [2.75, 3.05) is 13.2 Å². The van der Waals surface area contributed by atoms with E-state index in [1.54, 1.807) is 6.20 Å². The van der Waals surface area contributed by atoms with Crippen LogP contribution >= 0.6 is 24.0 Å². The zero-order chi connectivity index (χ0) is 17.9. The molecule has 0 aliphatic heterocycles. The summed E-state index contributed by atoms with van der Waals surface area (Å²) in [6.45, 7) is 6.31. The topological polar surface area (TPSA) is 72.5 Å². The van der Waals surface area contributed by atoms with Crippen LogP contribution in [0.4, 0.5) is 0 Å². The lowest BCUT2D eigenvalue weighted by Crippen LogP contribution is -2.33. The number of benzene rings is 1. The van der Waals surface area contributed by atoms with Crippen molar-refractivity contribution in [3.05, 3.63) is 59.9 Å². The summed E-state index contributed by atoms with van der Waals surface area (Å²) in [5.41, 5.74) is 8.03. The van der Waals surface area contributed by atoms with Crippen LogP contribution in [0, 0.1) is 5.92 Å². The Morgan fingerprint density at radius 1 is 1.19 bits per heavy atom. The first-order valence-electron chi connectivity index (χ1n) is 8.79. The molecule has 2 aromatic rings. The summed E-state index contributed by atoms with van der Waals surface area (Å²) in [5, 5.41) is 3.13. The molecule has 0 atom stereocenters. The summed E-state index contributed by atoms with van der Waals surface area (Å²) >= 11 is 0. The lowest BCUT2D eigenvalue weighted by molar-refractivity contribution is 0.287. The highest BCUT2D eigenvalue weighted by Crippen LogP contribution is 2.19. The molecule has 0 aliphatic rings. The monoisotopic (exact) mass is 468 g/mol. The van der Waals surface area contributed by atoms with Gasteiger partial charge in [0.1, 0.15) is 5.75 Å². The summed E-state index contributed by atoms with van der Waals surface area (Å²) in [4.78, 5) is 8.70. The Balaban J connectivity index is 0.00000338. The maximum atomic E-state index is 5.95. The Bertz CT molecular complexity index is 662. The normalized spacial score (nSPS) is 11.1. The highest BCUT2D eigenvalue weighted by molar-refractivity contribution is 14.0. The van der Waals surface area contributed by atoms with Crippen LogP contribution in [0.2, 0.25) is 0 Å². The van der Waals surface area contributed by atoms with Crippen molar-refractivity contribution in [2.45, 2.75) is 33.2 Å². The molecule has 26 heavy (non-hydrogen) atoms. The number of para-hydroxylation sites is 1. The van der Waals surface area contributed by atoms with Crippen molar-refractivity contribution in [3.63, 3.8) is 0 Å². The van der Waals surface area contributed by atoms with E-state index in [9.17, 15) is 0 Å². The third-order valence-electron chi connectivity index (χ3n) is 3.76. The predicted molar refractivity (Wildman–Crippen MR) is 118 cm³/mol. The molecule has 0 saturated heterocycles. The molecule has 3 N–H and O–H groups in total. The van der Waals surface area contributed by atoms with E-state index in [1.165, 1.54) is 0 Å². The van der Waals surface area contributed by atoms with Crippen LogP contribution in [0.3, 0.4) is 0 Å². The fourth-order valence-electron chi connectivity index (χ4n) is 2.27. The van der Waals surface area contributed by atoms with Crippen LogP contribution in [0.1, 0.15) is 31.5 Å². The maximum Gasteiger partial charge on any atom is 0.188 e. The molecule has 0 saturated carbocycles. The van der Waals surface area contributed by atoms with Gasteiger partial charge in [-0.2, -0.15) is 0 Å². The Kier molecular flexibility index (Phi) is 10.7. The van der Waals surface area contributed by atoms with Crippen molar-refractivity contribution in [1.82, 2.24) is 10.3 Å². The molecule has 6 heteroatoms. The third kappa shape index (κ3) is 8.51. The molecule has 0 amide bonds. The first-order chi connectivity index (χ1) is 12.1. The van der Waals surface area contributed by atoms with E-state index in [4.69, 9.17) is 10.5 Å². The number of pyridine rings is 1. The third-order valence-corrected chi connectivity index (χ3v) is 3.76. The summed E-state index contributed by atoms with van der Waals surface area (Å²) in [6, 6.07) is 13.9. The Labute approximate surface area is 173 Å². The predicted octanol–water partition coefficient (Wildman–Crippen LogP) is 3.77. The Hall–Kier alpha value is -1.83. The first kappa shape index (κ1) is 22.2. The fourth-order valence-corrected chi connectivity index (χ4v) is 2.27. The van der Waals surface area contributed by atoms with Gasteiger partial charge in [0, 0.05) is 30.4 Å². The van der Waals surface area contributed by atoms with Gasteiger partial charge in [-0.3, -0.25) is 4.98 Å². The van der Waals surface area contributed by atoms with E-state index in [1.807, 2.05) is 42.5 Å². The quantitative estimate of drug-likeness (QED) is 0.334. The van der Waals surface area contributed by atoms with E-state index in [2.05, 4.69) is 29.1 Å². The van der Waals surface area contributed by atoms with Crippen LogP contribution in [0.25, 0.3) is 0 Å². The van der Waals surface area contributed by atoms with E-state index >= 15 is 0 Å². The number of guanidine groups is 1. The minimum absolute atomic E-state index is 0. The van der Waals surface area contributed by atoms with E-state index in [0.717, 1.165) is 36.5 Å². The maximum absolute atomic E-state index is 5.95. The molecule has 2 rings (SSSR count). The lowest BCUT2D eigenvalue weighted by Gasteiger charge is -2.12. The highest BCUT2D eigenvalue weighted by atomic mass is 127. The summed E-state index contributed by atoms with van der Waals surface area (Å²) in [5.74, 6) is 1.95. The van der Waals surface area contributed by atoms with Crippen LogP contribution < -0.4 is 15.8 Å². The van der Waals surface area contributed by atoms with Crippen molar-refractivity contribution in [3.8, 4) is 5.75 Å². The average molecular weight is 468 g/mol. The molecule has 0 fully saturated rings. The Morgan fingerprint density at radius 3 is 2.69 bits per heavy atom. The number of nitrogens with one attached hydrogen (secondary N) is 1. The molecule has 5 nitrogen and oxygen atoms in total. The largest absolute Gasteiger partial charge is 0.493 e. The van der Waals surface area contributed by atoms with Gasteiger partial charge in [0.05, 0.1) is 13.2 Å². The van der Waals surface area contributed by atoms with Crippen molar-refractivity contribution < 1.29 is 4.74 Å². The van der Waals surface area contributed by atoms with Gasteiger partial charge in [0.2, 0.25) is 0 Å². The van der Waals surface area contributed by atoms with Gasteiger partial charge in [-0.05, 0) is 30.5 Å². The minimum Gasteiger partial charge on any atom is -0.493 e. The summed E-state index contributed by atoms with van der Waals surface area (Å²) in [7, 11) is 0. The zero-order valence-corrected chi connectivity index (χ0v) is 17.9. The van der Waals surface area contributed by atoms with Gasteiger partial charge >= 0.3 is 0 Å². The van der Waals surface area contributed by atoms with E-state index < -0.39 is 0 Å². The number of nitrogens with two attached hydrogens (primary N) is 1. The molecule has 0 aliphatic carbocycles. The summed E-state index contributed by atoms with van der Waals surface area (Å²) in [6.07, 6.45) is 3.64. The molecule has 1 heterocycles. The van der Waals surface area contributed by atoms with Crippen LogP contribution in [-0.4, -0.2) is 24.1 Å². The number of aromatic nitrogens is 1. The smallest absolute Gasteiger partial charge is 0.188 e. The number of hydrogen-bond acceptors (Lipinski definition) is 3. The van der Waals surface area contributed by atoms with Gasteiger partial charge < -0.3 is 15.8 Å². The van der Waals surface area contributed by atoms with Gasteiger partial charge in [-0.25, -0.2) is 4.99 Å². The number of ether oxygens (including phenoxy) is 1. The lowest BCUT2D eigenvalue weighted by atomic mass is 10.1. The van der Waals surface area contributed by atoms with Crippen molar-refractivity contribution in [1.29, 1.82) is 0 Å². The molecule has 0 unspecified atom stereocenters. The second-order valence-electron chi connectivity index (χ2n) is 6.34. The number of halogens is 1. The number of aliphatic imine (C=N–C) groups is 1. The van der Waals surface area contributed by atoms with Crippen LogP contribution in [-0.2, 0) is 13.0 Å². The molecular weight excluding hydrogens is 439 g/mol. The molecular formula is C20H29IN4O. The Morgan fingerprint density at radius 2 is 1.96 bits per heavy atom. The standard InChI is InChI=1S/C20H28N4O.HI/c1-16(2)11-14-25-19-9-4-3-7-17(19)15-24-20(21)23-13-10-18-8-5-6-12-22-18;/h3-9,12,16H,10-11,13-15H2,1-2H3,(H3,21,23,24);1H. The molecule has 142 valence electrons. The first-order valence-corrected chi connectivity index (χ1v) is 8.79. The minimum atomic E-state index is 0. The molecule has 0 spiro atoms. The van der Waals surface area contributed by atoms with Crippen LogP contribution in [0.15, 0.2) is 53.7 Å². The van der Waals surface area contributed by atoms with Crippen molar-refractivity contribution in [2.24, 2.45) is 16.6 Å². The number of hydrogen-bond donors (Lipinski definition) is 2. The SMILES string of the molecule is CC(C)CCOc1ccccc1CN=C(N)NCCc1ccccn1.I. The summed E-state index contributed by atoms with van der Waals surface area (Å²) < 4.78 is 5.88. The van der Waals surface area contributed by atoms with E-state index in [-0.39, 0.29) is 24.0 Å². The molecule has 0 radical (unpaired) electrons. The van der Waals surface area contributed by atoms with Crippen molar-refractivity contribution >= 4 is 29.9 Å². The van der Waals surface area contributed by atoms with Gasteiger partial charge in [-0.15, -0.1) is 24.0 Å². The molecule has 0 bridgehead atoms. The number of nitrogens with zero attached hydrogens (tertiary/aromatic N) is 2. The van der Waals surface area contributed by atoms with Crippen LogP contribution in [0.5, 0.6) is 5.75 Å². The number of rotatable bonds is 9. The zero-order valence-electron chi connectivity index (χ0n) is 15.5. The van der Waals surface area contributed by atoms with E-state index in [0.29, 0.717) is 25.0 Å². The van der Waals surface area contributed by atoms with Gasteiger partial charge in [-0.1, -0.05) is 38.1 Å². The second-order valence-corrected chi connectivity index (χ2v) is 6.34. The highest BCUT2D eigenvalue weighted by Gasteiger charge is 2.03. The van der Waals surface area contributed by atoms with Gasteiger partial charge in [0.15, 0.2) is 5.96 Å².